The van der Waals surface area contributed by atoms with Gasteiger partial charge in [0.15, 0.2) is 0 Å². The summed E-state index contributed by atoms with van der Waals surface area (Å²) in [6.45, 7) is 3.26. The van der Waals surface area contributed by atoms with E-state index in [-0.39, 0.29) is 5.91 Å². The van der Waals surface area contributed by atoms with Crippen molar-refractivity contribution in [1.29, 1.82) is 0 Å². The van der Waals surface area contributed by atoms with Crippen LogP contribution in [0.3, 0.4) is 0 Å². The molecule has 4 N–H and O–H groups in total. The molecule has 5 nitrogen and oxygen atoms in total. The van der Waals surface area contributed by atoms with Crippen molar-refractivity contribution in [2.75, 3.05) is 24.1 Å². The molecule has 0 saturated heterocycles. The number of carbonyl (C=O) groups is 1. The van der Waals surface area contributed by atoms with E-state index in [9.17, 15) is 4.79 Å². The highest BCUT2D eigenvalue weighted by Gasteiger charge is 2.05. The van der Waals surface area contributed by atoms with Crippen molar-refractivity contribution < 1.29 is 4.79 Å². The van der Waals surface area contributed by atoms with E-state index < -0.39 is 0 Å². The zero-order valence-corrected chi connectivity index (χ0v) is 12.2. The summed E-state index contributed by atoms with van der Waals surface area (Å²) < 4.78 is 0. The van der Waals surface area contributed by atoms with Crippen LogP contribution in [0.5, 0.6) is 0 Å². The van der Waals surface area contributed by atoms with Crippen LogP contribution < -0.4 is 16.4 Å². The molecule has 0 fully saturated rings. The lowest BCUT2D eigenvalue weighted by Gasteiger charge is -2.09. The van der Waals surface area contributed by atoms with E-state index in [4.69, 9.17) is 5.73 Å². The van der Waals surface area contributed by atoms with Gasteiger partial charge in [0.2, 0.25) is 0 Å². The Morgan fingerprint density at radius 3 is 2.95 bits per heavy atom. The Hall–Kier alpha value is -2.08. The van der Waals surface area contributed by atoms with Crippen LogP contribution in [0, 0.1) is 6.92 Å². The molecule has 1 amide bonds. The van der Waals surface area contributed by atoms with E-state index in [1.807, 2.05) is 36.6 Å². The molecular weight excluding hydrogens is 272 g/mol. The van der Waals surface area contributed by atoms with Gasteiger partial charge in [-0.05, 0) is 36.9 Å². The van der Waals surface area contributed by atoms with Crippen molar-refractivity contribution in [1.82, 2.24) is 10.3 Å². The fourth-order valence-corrected chi connectivity index (χ4v) is 2.34. The van der Waals surface area contributed by atoms with Crippen LogP contribution in [-0.4, -0.2) is 24.0 Å². The van der Waals surface area contributed by atoms with Crippen LogP contribution in [-0.2, 0) is 0 Å². The number of carbonyl (C=O) groups excluding carboxylic acids is 1. The van der Waals surface area contributed by atoms with Crippen molar-refractivity contribution in [2.24, 2.45) is 0 Å². The number of hydrogen-bond acceptors (Lipinski definition) is 5. The van der Waals surface area contributed by atoms with Gasteiger partial charge in [-0.25, -0.2) is 4.98 Å². The standard InChI is InChI=1S/C14H18N4OS/c1-10-5-6-11(15)13(18-10)16-7-3-8-17-14(19)12-4-2-9-20-12/h2,4-6,9H,3,7-8,15H2,1H3,(H,16,18)(H,17,19). The molecule has 106 valence electrons. The number of aryl methyl sites for hydroxylation is 1. The fraction of sp³-hybridized carbons (Fsp3) is 0.286. The van der Waals surface area contributed by atoms with E-state index >= 15 is 0 Å². The van der Waals surface area contributed by atoms with Gasteiger partial charge in [0.1, 0.15) is 5.82 Å². The second kappa shape index (κ2) is 6.91. The monoisotopic (exact) mass is 290 g/mol. The Labute approximate surface area is 122 Å². The molecule has 0 spiro atoms. The minimum absolute atomic E-state index is 0.0202. The molecule has 6 heteroatoms. The van der Waals surface area contributed by atoms with Gasteiger partial charge < -0.3 is 16.4 Å². The third kappa shape index (κ3) is 3.96. The molecule has 0 aromatic carbocycles. The first-order chi connectivity index (χ1) is 9.66. The largest absolute Gasteiger partial charge is 0.396 e. The zero-order valence-electron chi connectivity index (χ0n) is 11.3. The topological polar surface area (TPSA) is 80.0 Å². The number of nitrogen functional groups attached to an aromatic ring is 1. The number of pyridine rings is 1. The summed E-state index contributed by atoms with van der Waals surface area (Å²) in [5.41, 5.74) is 7.38. The maximum atomic E-state index is 11.7. The van der Waals surface area contributed by atoms with E-state index in [2.05, 4.69) is 15.6 Å². The summed E-state index contributed by atoms with van der Waals surface area (Å²) in [4.78, 5) is 16.7. The van der Waals surface area contributed by atoms with Gasteiger partial charge in [0, 0.05) is 18.8 Å². The first-order valence-corrected chi connectivity index (χ1v) is 7.33. The SMILES string of the molecule is Cc1ccc(N)c(NCCCNC(=O)c2cccs2)n1. The van der Waals surface area contributed by atoms with Gasteiger partial charge in [-0.2, -0.15) is 0 Å². The number of hydrogen-bond donors (Lipinski definition) is 3. The lowest BCUT2D eigenvalue weighted by Crippen LogP contribution is -2.25. The fourth-order valence-electron chi connectivity index (χ4n) is 1.70. The Balaban J connectivity index is 1.69. The number of nitrogens with zero attached hydrogens (tertiary/aromatic N) is 1. The summed E-state index contributed by atoms with van der Waals surface area (Å²) in [5.74, 6) is 0.683. The highest BCUT2D eigenvalue weighted by molar-refractivity contribution is 7.12. The lowest BCUT2D eigenvalue weighted by atomic mass is 10.3. The van der Waals surface area contributed by atoms with Crippen LogP contribution in [0.4, 0.5) is 11.5 Å². The van der Waals surface area contributed by atoms with Crippen molar-refractivity contribution in [3.63, 3.8) is 0 Å². The number of amides is 1. The van der Waals surface area contributed by atoms with Crippen LogP contribution in [0.15, 0.2) is 29.6 Å². The smallest absolute Gasteiger partial charge is 0.261 e. The van der Waals surface area contributed by atoms with Crippen LogP contribution in [0.25, 0.3) is 0 Å². The molecular formula is C14H18N4OS. The molecule has 2 aromatic rings. The molecule has 0 aliphatic heterocycles. The number of nitrogens with two attached hydrogens (primary N) is 1. The average molecular weight is 290 g/mol. The van der Waals surface area contributed by atoms with Gasteiger partial charge in [0.05, 0.1) is 10.6 Å². The minimum Gasteiger partial charge on any atom is -0.396 e. The number of rotatable bonds is 6. The number of thiophene rings is 1. The molecule has 0 aliphatic rings. The van der Waals surface area contributed by atoms with E-state index in [1.54, 1.807) is 0 Å². The summed E-state index contributed by atoms with van der Waals surface area (Å²) >= 11 is 1.44. The van der Waals surface area contributed by atoms with Crippen molar-refractivity contribution in [3.05, 3.63) is 40.2 Å². The summed E-state index contributed by atoms with van der Waals surface area (Å²) in [5, 5.41) is 7.95. The molecule has 0 saturated carbocycles. The number of aromatic nitrogens is 1. The Kier molecular flexibility index (Phi) is 4.95. The Bertz CT molecular complexity index is 569. The minimum atomic E-state index is -0.0202. The van der Waals surface area contributed by atoms with Crippen LogP contribution >= 0.6 is 11.3 Å². The lowest BCUT2D eigenvalue weighted by molar-refractivity contribution is 0.0957. The average Bonchev–Trinajstić information content (AvgIpc) is 2.96. The highest BCUT2D eigenvalue weighted by Crippen LogP contribution is 2.14. The van der Waals surface area contributed by atoms with Crippen molar-refractivity contribution in [3.8, 4) is 0 Å². The van der Waals surface area contributed by atoms with E-state index in [0.717, 1.165) is 17.0 Å². The molecule has 0 atom stereocenters. The molecule has 2 heterocycles. The van der Waals surface area contributed by atoms with Crippen molar-refractivity contribution >= 4 is 28.7 Å². The summed E-state index contributed by atoms with van der Waals surface area (Å²) in [6.07, 6.45) is 0.812. The Morgan fingerprint density at radius 2 is 2.20 bits per heavy atom. The molecule has 2 aromatic heterocycles. The van der Waals surface area contributed by atoms with E-state index in [1.165, 1.54) is 11.3 Å². The van der Waals surface area contributed by atoms with Gasteiger partial charge in [-0.3, -0.25) is 4.79 Å². The van der Waals surface area contributed by atoms with Gasteiger partial charge in [-0.15, -0.1) is 11.3 Å². The highest BCUT2D eigenvalue weighted by atomic mass is 32.1. The number of nitrogens with one attached hydrogen (secondary N) is 2. The van der Waals surface area contributed by atoms with Gasteiger partial charge >= 0.3 is 0 Å². The molecule has 20 heavy (non-hydrogen) atoms. The van der Waals surface area contributed by atoms with Gasteiger partial charge in [-0.1, -0.05) is 6.07 Å². The molecule has 0 aliphatic carbocycles. The van der Waals surface area contributed by atoms with Gasteiger partial charge in [0.25, 0.3) is 5.91 Å². The number of anilines is 2. The first-order valence-electron chi connectivity index (χ1n) is 6.45. The normalized spacial score (nSPS) is 10.2. The zero-order chi connectivity index (χ0) is 14.4. The van der Waals surface area contributed by atoms with E-state index in [0.29, 0.717) is 24.6 Å². The maximum Gasteiger partial charge on any atom is 0.261 e. The predicted molar refractivity (Wildman–Crippen MR) is 83.1 cm³/mol. The third-order valence-corrected chi connectivity index (χ3v) is 3.61. The molecule has 2 rings (SSSR count). The predicted octanol–water partition coefficient (Wildman–Crippen LogP) is 2.27. The van der Waals surface area contributed by atoms with Crippen LogP contribution in [0.2, 0.25) is 0 Å². The molecule has 0 bridgehead atoms. The summed E-state index contributed by atoms with van der Waals surface area (Å²) in [6, 6.07) is 7.40. The van der Waals surface area contributed by atoms with Crippen molar-refractivity contribution in [2.45, 2.75) is 13.3 Å². The third-order valence-electron chi connectivity index (χ3n) is 2.74. The molecule has 0 radical (unpaired) electrons. The quantitative estimate of drug-likeness (QED) is 0.713. The molecule has 0 unspecified atom stereocenters. The Morgan fingerprint density at radius 1 is 1.35 bits per heavy atom. The first kappa shape index (κ1) is 14.3. The second-order valence-corrected chi connectivity index (χ2v) is 5.35. The van der Waals surface area contributed by atoms with Crippen LogP contribution in [0.1, 0.15) is 21.8 Å². The summed E-state index contributed by atoms with van der Waals surface area (Å²) in [7, 11) is 0. The second-order valence-electron chi connectivity index (χ2n) is 4.40. The maximum absolute atomic E-state index is 11.7.